The summed E-state index contributed by atoms with van der Waals surface area (Å²) in [6, 6.07) is 13.4. The van der Waals surface area contributed by atoms with E-state index in [1.807, 2.05) is 42.7 Å². The van der Waals surface area contributed by atoms with Crippen LogP contribution in [0, 0.1) is 80.8 Å². The van der Waals surface area contributed by atoms with Gasteiger partial charge < -0.3 is 28.4 Å². The lowest BCUT2D eigenvalue weighted by Crippen LogP contribution is -2.89. The van der Waals surface area contributed by atoms with E-state index in [1.54, 1.807) is 0 Å². The summed E-state index contributed by atoms with van der Waals surface area (Å²) in [5.74, 6) is 9.47. The van der Waals surface area contributed by atoms with Gasteiger partial charge in [-0.05, 0) is 113 Å². The van der Waals surface area contributed by atoms with Crippen molar-refractivity contribution in [3.8, 4) is 11.5 Å². The second kappa shape index (κ2) is 9.71. The fraction of sp³-hybridized carbons (Fsp3) is 0.644. The predicted molar refractivity (Wildman–Crippen MR) is 195 cm³/mol. The van der Waals surface area contributed by atoms with Gasteiger partial charge >= 0.3 is 0 Å². The van der Waals surface area contributed by atoms with E-state index in [1.165, 1.54) is 51.9 Å². The van der Waals surface area contributed by atoms with Crippen molar-refractivity contribution < 1.29 is 28.4 Å². The van der Waals surface area contributed by atoms with Crippen molar-refractivity contribution in [3.05, 3.63) is 59.7 Å². The Bertz CT molecular complexity index is 1920. The van der Waals surface area contributed by atoms with E-state index in [2.05, 4.69) is 48.6 Å². The first-order valence-corrected chi connectivity index (χ1v) is 19.7. The molecule has 6 heteroatoms. The molecule has 16 atom stereocenters. The maximum atomic E-state index is 6.52. The van der Waals surface area contributed by atoms with Crippen LogP contribution >= 0.6 is 0 Å². The first-order valence-electron chi connectivity index (χ1n) is 19.7. The molecule has 0 radical (unpaired) electrons. The minimum Gasteiger partial charge on any atom is -0.496 e. The molecule has 51 heavy (non-hydrogen) atoms. The second-order valence-corrected chi connectivity index (χ2v) is 18.5. The molecule has 0 aliphatic heterocycles. The van der Waals surface area contributed by atoms with Gasteiger partial charge in [-0.3, -0.25) is 0 Å². The first-order chi connectivity index (χ1) is 25.0. The van der Waals surface area contributed by atoms with Crippen LogP contribution in [0.25, 0.3) is 21.5 Å². The Balaban J connectivity index is 1.08. The Hall–Kier alpha value is -2.64. The highest BCUT2D eigenvalue weighted by atomic mass is 16.5. The Morgan fingerprint density at radius 1 is 0.510 bits per heavy atom. The van der Waals surface area contributed by atoms with Gasteiger partial charge in [-0.1, -0.05) is 36.4 Å². The van der Waals surface area contributed by atoms with Crippen LogP contribution < -0.4 is 9.47 Å². The largest absolute Gasteiger partial charge is 0.496 e. The first kappa shape index (κ1) is 30.8. The van der Waals surface area contributed by atoms with Gasteiger partial charge in [0, 0.05) is 72.0 Å². The van der Waals surface area contributed by atoms with Crippen LogP contribution in [0.3, 0.4) is 0 Å². The molecule has 0 aromatic heterocycles. The number of methoxy groups -OCH3 is 6. The predicted octanol–water partition coefficient (Wildman–Crippen LogP) is 7.72. The van der Waals surface area contributed by atoms with Gasteiger partial charge in [0.05, 0.1) is 40.6 Å². The zero-order valence-corrected chi connectivity index (χ0v) is 30.9. The van der Waals surface area contributed by atoms with Crippen molar-refractivity contribution >= 4 is 21.5 Å². The molecular formula is C45H52O6. The Morgan fingerprint density at radius 3 is 1.35 bits per heavy atom. The topological polar surface area (TPSA) is 55.4 Å². The molecule has 0 amide bonds. The van der Waals surface area contributed by atoms with Crippen LogP contribution in [-0.2, 0) is 18.9 Å². The standard InChI is InChI=1S/C45H52O6/c1-46-18-42-30-17-31(39-38(30)44(20-48-3)34-24-11-12-25(13-24)35(34)45(39,44)21-49-4)43(42,19-47-2)37-29-16-28(36(37)42)32-33(29)41(51-6)27-15-23-10-8-7-9-22(23)14-26(27)40(32)50-5/h7-12,14-15,24-25,28-31,34-39H,13,16-21H2,1-6H3/t24-,25+,28-,29+,30+,31-,34+,35-,36-,37+,38-,39+,42+,43-,44+,45-. The number of benzene rings is 3. The molecule has 9 aliphatic rings. The fourth-order valence-electron chi connectivity index (χ4n) is 18.5. The van der Waals surface area contributed by atoms with Gasteiger partial charge in [-0.25, -0.2) is 0 Å². The maximum absolute atomic E-state index is 6.52. The molecule has 0 saturated heterocycles. The summed E-state index contributed by atoms with van der Waals surface area (Å²) in [5.41, 5.74) is 3.38. The van der Waals surface area contributed by atoms with E-state index < -0.39 is 0 Å². The molecule has 7 fully saturated rings. The van der Waals surface area contributed by atoms with Crippen LogP contribution in [0.4, 0.5) is 0 Å². The lowest BCUT2D eigenvalue weighted by Gasteiger charge is -2.89. The average molecular weight is 689 g/mol. The molecule has 0 unspecified atom stereocenters. The second-order valence-electron chi connectivity index (χ2n) is 18.5. The number of allylic oxidation sites excluding steroid dienone is 2. The highest BCUT2D eigenvalue weighted by molar-refractivity contribution is 6.05. The van der Waals surface area contributed by atoms with Crippen molar-refractivity contribution in [2.75, 3.05) is 69.1 Å². The number of hydrogen-bond acceptors (Lipinski definition) is 6. The van der Waals surface area contributed by atoms with Gasteiger partial charge in [0.25, 0.3) is 0 Å². The molecule has 6 bridgehead atoms. The van der Waals surface area contributed by atoms with Gasteiger partial charge in [0.15, 0.2) is 0 Å². The molecule has 3 aromatic rings. The highest BCUT2D eigenvalue weighted by Crippen LogP contribution is 3.00. The summed E-state index contributed by atoms with van der Waals surface area (Å²) < 4.78 is 38.8. The SMILES string of the molecule is COC[C@@]12[C@@H]3[C@@H]([C@@H]4C[C@H]3[C@]3(COC)[C@@H]5[C@@H]([C@@H]6C[C@H]5c5c6c(OC)c6cc7ccccc7cc6c5OC)[C@]43COC)[C@]1(COC)[C@@H]1[C@H]2[C@H]2C=C[C@@H]1C2. The molecule has 3 aromatic carbocycles. The molecule has 7 saturated carbocycles. The molecular weight excluding hydrogens is 636 g/mol. The van der Waals surface area contributed by atoms with E-state index in [-0.39, 0.29) is 21.7 Å². The lowest BCUT2D eigenvalue weighted by atomic mass is 9.15. The minimum atomic E-state index is 0.0699. The quantitative estimate of drug-likeness (QED) is 0.0942. The third-order valence-electron chi connectivity index (χ3n) is 18.4. The van der Waals surface area contributed by atoms with Crippen molar-refractivity contribution in [1.29, 1.82) is 0 Å². The summed E-state index contributed by atoms with van der Waals surface area (Å²) >= 11 is 0. The smallest absolute Gasteiger partial charge is 0.130 e. The molecule has 268 valence electrons. The molecule has 12 rings (SSSR count). The average Bonchev–Trinajstić information content (AvgIpc) is 3.98. The van der Waals surface area contributed by atoms with Crippen LogP contribution in [0.5, 0.6) is 11.5 Å². The number of fused-ring (bicyclic) bond motifs is 30. The fourth-order valence-corrected chi connectivity index (χ4v) is 18.5. The summed E-state index contributed by atoms with van der Waals surface area (Å²) in [4.78, 5) is 0. The number of ether oxygens (including phenoxy) is 6. The lowest BCUT2D eigenvalue weighted by molar-refractivity contribution is -0.446. The van der Waals surface area contributed by atoms with Crippen molar-refractivity contribution in [2.24, 2.45) is 80.8 Å². The van der Waals surface area contributed by atoms with Crippen LogP contribution in [0.15, 0.2) is 48.6 Å². The molecule has 0 heterocycles. The van der Waals surface area contributed by atoms with E-state index in [9.17, 15) is 0 Å². The van der Waals surface area contributed by atoms with Gasteiger partial charge in [-0.2, -0.15) is 0 Å². The summed E-state index contributed by atoms with van der Waals surface area (Å²) in [5, 5.41) is 4.84. The Labute approximate surface area is 301 Å². The zero-order valence-electron chi connectivity index (χ0n) is 30.9. The molecule has 0 N–H and O–H groups in total. The third-order valence-corrected chi connectivity index (χ3v) is 18.4. The zero-order chi connectivity index (χ0) is 34.4. The van der Waals surface area contributed by atoms with E-state index >= 15 is 0 Å². The van der Waals surface area contributed by atoms with Gasteiger partial charge in [-0.15, -0.1) is 0 Å². The van der Waals surface area contributed by atoms with Crippen molar-refractivity contribution in [2.45, 2.75) is 31.1 Å². The normalized spacial score (nSPS) is 48.8. The van der Waals surface area contributed by atoms with Crippen molar-refractivity contribution in [1.82, 2.24) is 0 Å². The summed E-state index contributed by atoms with van der Waals surface area (Å²) in [6.45, 7) is 3.37. The Kier molecular flexibility index (Phi) is 5.86. The highest BCUT2D eigenvalue weighted by Gasteiger charge is 2.99. The van der Waals surface area contributed by atoms with Crippen molar-refractivity contribution in [3.63, 3.8) is 0 Å². The van der Waals surface area contributed by atoms with E-state index in [0.717, 1.165) is 49.8 Å². The maximum Gasteiger partial charge on any atom is 0.130 e. The molecule has 0 spiro atoms. The van der Waals surface area contributed by atoms with Crippen LogP contribution in [0.2, 0.25) is 0 Å². The summed E-state index contributed by atoms with van der Waals surface area (Å²) in [7, 11) is 11.6. The minimum absolute atomic E-state index is 0.0699. The van der Waals surface area contributed by atoms with E-state index in [4.69, 9.17) is 28.4 Å². The number of rotatable bonds is 10. The Morgan fingerprint density at radius 2 is 0.941 bits per heavy atom. The molecule has 6 nitrogen and oxygen atoms in total. The van der Waals surface area contributed by atoms with Gasteiger partial charge in [0.2, 0.25) is 0 Å². The third kappa shape index (κ3) is 2.78. The van der Waals surface area contributed by atoms with Crippen LogP contribution in [-0.4, -0.2) is 69.1 Å². The van der Waals surface area contributed by atoms with Crippen LogP contribution in [0.1, 0.15) is 42.2 Å². The summed E-state index contributed by atoms with van der Waals surface area (Å²) in [6.07, 6.45) is 8.97. The monoisotopic (exact) mass is 688 g/mol. The molecule has 9 aliphatic carbocycles. The number of hydrogen-bond donors (Lipinski definition) is 0. The van der Waals surface area contributed by atoms with Gasteiger partial charge in [0.1, 0.15) is 11.5 Å². The van der Waals surface area contributed by atoms with E-state index in [0.29, 0.717) is 59.2 Å².